The molecule has 1 heterocycles. The van der Waals surface area contributed by atoms with Crippen molar-refractivity contribution in [1.82, 2.24) is 4.90 Å². The van der Waals surface area contributed by atoms with Crippen LogP contribution in [0.4, 0.5) is 10.5 Å². The minimum absolute atomic E-state index is 0.153. The highest BCUT2D eigenvalue weighted by molar-refractivity contribution is 5.95. The molecule has 0 bridgehead atoms. The van der Waals surface area contributed by atoms with Crippen molar-refractivity contribution in [2.24, 2.45) is 11.8 Å². The third kappa shape index (κ3) is 3.35. The maximum Gasteiger partial charge on any atom is 0.336 e. The van der Waals surface area contributed by atoms with Gasteiger partial charge in [-0.25, -0.2) is 9.59 Å². The summed E-state index contributed by atoms with van der Waals surface area (Å²) in [7, 11) is 0. The molecule has 2 amide bonds. The predicted molar refractivity (Wildman–Crippen MR) is 81.7 cm³/mol. The topological polar surface area (TPSA) is 69.6 Å². The molecule has 5 heteroatoms. The van der Waals surface area contributed by atoms with Crippen LogP contribution in [0.25, 0.3) is 0 Å². The van der Waals surface area contributed by atoms with Gasteiger partial charge in [0.2, 0.25) is 0 Å². The number of amides is 2. The molecule has 1 aliphatic rings. The van der Waals surface area contributed by atoms with Crippen molar-refractivity contribution in [1.29, 1.82) is 0 Å². The summed E-state index contributed by atoms with van der Waals surface area (Å²) in [5, 5.41) is 11.9. The van der Waals surface area contributed by atoms with Gasteiger partial charge in [-0.15, -0.1) is 0 Å². The second-order valence-corrected chi connectivity index (χ2v) is 5.90. The first-order chi connectivity index (χ1) is 9.90. The number of carbonyl (C=O) groups excluding carboxylic acids is 1. The molecule has 0 aromatic heterocycles. The summed E-state index contributed by atoms with van der Waals surface area (Å²) >= 11 is 0. The molecular formula is C16H22N2O3. The zero-order valence-electron chi connectivity index (χ0n) is 12.7. The lowest BCUT2D eigenvalue weighted by molar-refractivity contribution is 0.0696. The minimum atomic E-state index is -0.982. The number of nitrogens with zero attached hydrogens (tertiary/aromatic N) is 1. The Bertz CT molecular complexity index is 556. The number of hydrogen-bond acceptors (Lipinski definition) is 2. The van der Waals surface area contributed by atoms with Crippen LogP contribution >= 0.6 is 0 Å². The fourth-order valence-electron chi connectivity index (χ4n) is 2.64. The molecule has 114 valence electrons. The Kier molecular flexibility index (Phi) is 4.50. The fourth-order valence-corrected chi connectivity index (χ4v) is 2.64. The normalized spacial score (nSPS) is 22.0. The summed E-state index contributed by atoms with van der Waals surface area (Å²) < 4.78 is 0. The summed E-state index contributed by atoms with van der Waals surface area (Å²) in [5.41, 5.74) is 1.36. The fraction of sp³-hybridized carbons (Fsp3) is 0.500. The van der Waals surface area contributed by atoms with Gasteiger partial charge in [0.15, 0.2) is 0 Å². The van der Waals surface area contributed by atoms with E-state index in [-0.39, 0.29) is 11.6 Å². The van der Waals surface area contributed by atoms with Gasteiger partial charge in [0, 0.05) is 18.8 Å². The number of rotatable bonds is 2. The molecule has 2 N–H and O–H groups in total. The molecule has 0 saturated carbocycles. The summed E-state index contributed by atoms with van der Waals surface area (Å²) in [6, 6.07) is 4.76. The Morgan fingerprint density at radius 2 is 2.00 bits per heavy atom. The van der Waals surface area contributed by atoms with Crippen LogP contribution in [0.5, 0.6) is 0 Å². The van der Waals surface area contributed by atoms with E-state index in [0.29, 0.717) is 23.1 Å². The van der Waals surface area contributed by atoms with Crippen molar-refractivity contribution in [2.45, 2.75) is 27.2 Å². The Morgan fingerprint density at radius 1 is 1.29 bits per heavy atom. The molecule has 1 aliphatic heterocycles. The number of anilines is 1. The van der Waals surface area contributed by atoms with Crippen molar-refractivity contribution < 1.29 is 14.7 Å². The second kappa shape index (κ2) is 6.16. The smallest absolute Gasteiger partial charge is 0.336 e. The number of carbonyl (C=O) groups is 2. The number of hydrogen-bond donors (Lipinski definition) is 2. The highest BCUT2D eigenvalue weighted by Gasteiger charge is 2.26. The molecule has 1 fully saturated rings. The molecule has 5 nitrogen and oxygen atoms in total. The van der Waals surface area contributed by atoms with Gasteiger partial charge in [0.1, 0.15) is 0 Å². The lowest BCUT2D eigenvalue weighted by atomic mass is 9.89. The number of benzene rings is 1. The van der Waals surface area contributed by atoms with Gasteiger partial charge in [-0.2, -0.15) is 0 Å². The van der Waals surface area contributed by atoms with Crippen molar-refractivity contribution in [3.05, 3.63) is 29.3 Å². The van der Waals surface area contributed by atoms with Crippen molar-refractivity contribution in [3.8, 4) is 0 Å². The average molecular weight is 290 g/mol. The maximum absolute atomic E-state index is 12.3. The zero-order chi connectivity index (χ0) is 15.6. The van der Waals surface area contributed by atoms with E-state index in [0.717, 1.165) is 19.5 Å². The molecular weight excluding hydrogens is 268 g/mol. The molecule has 0 spiro atoms. The monoisotopic (exact) mass is 290 g/mol. The number of likely N-dealkylation sites (tertiary alicyclic amines) is 1. The summed E-state index contributed by atoms with van der Waals surface area (Å²) in [5.74, 6) is 0.131. The summed E-state index contributed by atoms with van der Waals surface area (Å²) in [4.78, 5) is 25.2. The van der Waals surface area contributed by atoms with Crippen LogP contribution in [-0.2, 0) is 0 Å². The van der Waals surface area contributed by atoms with Crippen LogP contribution in [0.2, 0.25) is 0 Å². The third-order valence-electron chi connectivity index (χ3n) is 4.43. The Labute approximate surface area is 125 Å². The highest BCUT2D eigenvalue weighted by Crippen LogP contribution is 2.24. The number of aromatic carboxylic acids is 1. The van der Waals surface area contributed by atoms with E-state index in [1.54, 1.807) is 24.0 Å². The van der Waals surface area contributed by atoms with Gasteiger partial charge in [0.05, 0.1) is 5.56 Å². The second-order valence-electron chi connectivity index (χ2n) is 5.90. The molecule has 1 aromatic carbocycles. The number of urea groups is 1. The molecule has 21 heavy (non-hydrogen) atoms. The molecule has 0 aliphatic carbocycles. The van der Waals surface area contributed by atoms with Crippen LogP contribution < -0.4 is 5.32 Å². The first-order valence-corrected chi connectivity index (χ1v) is 7.29. The van der Waals surface area contributed by atoms with Gasteiger partial charge in [-0.1, -0.05) is 19.9 Å². The largest absolute Gasteiger partial charge is 0.478 e. The van der Waals surface area contributed by atoms with Crippen LogP contribution in [0.3, 0.4) is 0 Å². The molecule has 2 unspecified atom stereocenters. The molecule has 2 atom stereocenters. The van der Waals surface area contributed by atoms with E-state index in [4.69, 9.17) is 5.11 Å². The third-order valence-corrected chi connectivity index (χ3v) is 4.43. The number of carboxylic acids is 1. The SMILES string of the molecule is Cc1c(NC(=O)N2CCC(C)C(C)C2)cccc1C(=O)O. The van der Waals surface area contributed by atoms with Crippen molar-refractivity contribution in [3.63, 3.8) is 0 Å². The van der Waals surface area contributed by atoms with Crippen molar-refractivity contribution in [2.75, 3.05) is 18.4 Å². The van der Waals surface area contributed by atoms with E-state index >= 15 is 0 Å². The lowest BCUT2D eigenvalue weighted by Crippen LogP contribution is -2.44. The van der Waals surface area contributed by atoms with Gasteiger partial charge in [-0.05, 0) is 42.9 Å². The van der Waals surface area contributed by atoms with Crippen LogP contribution in [0.1, 0.15) is 36.2 Å². The quantitative estimate of drug-likeness (QED) is 0.878. The van der Waals surface area contributed by atoms with Crippen LogP contribution in [-0.4, -0.2) is 35.1 Å². The van der Waals surface area contributed by atoms with Gasteiger partial charge in [-0.3, -0.25) is 0 Å². The van der Waals surface area contributed by atoms with E-state index < -0.39 is 5.97 Å². The number of carboxylic acid groups (broad SMARTS) is 1. The van der Waals surface area contributed by atoms with Gasteiger partial charge in [0.25, 0.3) is 0 Å². The average Bonchev–Trinajstić information content (AvgIpc) is 2.43. The van der Waals surface area contributed by atoms with E-state index in [1.165, 1.54) is 6.07 Å². The zero-order valence-corrected chi connectivity index (χ0v) is 12.7. The maximum atomic E-state index is 12.3. The van der Waals surface area contributed by atoms with Crippen molar-refractivity contribution >= 4 is 17.7 Å². The van der Waals surface area contributed by atoms with E-state index in [2.05, 4.69) is 19.2 Å². The first kappa shape index (κ1) is 15.4. The number of piperidine rings is 1. The molecule has 1 saturated heterocycles. The number of nitrogens with one attached hydrogen (secondary N) is 1. The minimum Gasteiger partial charge on any atom is -0.478 e. The Hall–Kier alpha value is -2.04. The molecule has 0 radical (unpaired) electrons. The lowest BCUT2D eigenvalue weighted by Gasteiger charge is -2.35. The first-order valence-electron chi connectivity index (χ1n) is 7.29. The Balaban J connectivity index is 2.10. The predicted octanol–water partition coefficient (Wildman–Crippen LogP) is 3.20. The van der Waals surface area contributed by atoms with Gasteiger partial charge < -0.3 is 15.3 Å². The van der Waals surface area contributed by atoms with E-state index in [1.807, 2.05) is 0 Å². The Morgan fingerprint density at radius 3 is 2.62 bits per heavy atom. The standard InChI is InChI=1S/C16H22N2O3/c1-10-7-8-18(9-11(10)2)16(21)17-14-6-4-5-13(12(14)3)15(19)20/h4-6,10-11H,7-9H2,1-3H3,(H,17,21)(H,19,20). The summed E-state index contributed by atoms with van der Waals surface area (Å²) in [6.07, 6.45) is 1.00. The summed E-state index contributed by atoms with van der Waals surface area (Å²) in [6.45, 7) is 7.56. The van der Waals surface area contributed by atoms with Crippen LogP contribution in [0.15, 0.2) is 18.2 Å². The van der Waals surface area contributed by atoms with Gasteiger partial charge >= 0.3 is 12.0 Å². The van der Waals surface area contributed by atoms with Crippen LogP contribution in [0, 0.1) is 18.8 Å². The molecule has 1 aromatic rings. The highest BCUT2D eigenvalue weighted by atomic mass is 16.4. The van der Waals surface area contributed by atoms with E-state index in [9.17, 15) is 9.59 Å². The molecule has 2 rings (SSSR count).